The van der Waals surface area contributed by atoms with Crippen molar-refractivity contribution in [3.05, 3.63) is 18.0 Å². The molecule has 3 rings (SSSR count). The molecule has 0 radical (unpaired) electrons. The van der Waals surface area contributed by atoms with Crippen LogP contribution in [0.5, 0.6) is 0 Å². The van der Waals surface area contributed by atoms with Crippen molar-refractivity contribution in [2.45, 2.75) is 71.0 Å². The van der Waals surface area contributed by atoms with Gasteiger partial charge >= 0.3 is 0 Å². The Labute approximate surface area is 139 Å². The molecule has 0 saturated carbocycles. The molecule has 1 aromatic rings. The fourth-order valence-corrected chi connectivity index (χ4v) is 4.13. The lowest BCUT2D eigenvalue weighted by Gasteiger charge is -2.35. The van der Waals surface area contributed by atoms with Crippen molar-refractivity contribution in [1.29, 1.82) is 0 Å². The molecule has 1 aromatic heterocycles. The third kappa shape index (κ3) is 3.30. The Balaban J connectivity index is 1.59. The number of likely N-dealkylation sites (tertiary alicyclic amines) is 2. The van der Waals surface area contributed by atoms with Gasteiger partial charge in [-0.3, -0.25) is 14.4 Å². The first kappa shape index (κ1) is 16.5. The van der Waals surface area contributed by atoms with E-state index < -0.39 is 0 Å². The summed E-state index contributed by atoms with van der Waals surface area (Å²) in [6, 6.07) is 2.63. The number of nitrogens with zero attached hydrogens (tertiary/aromatic N) is 4. The topological polar surface area (TPSA) is 41.4 Å². The van der Waals surface area contributed by atoms with Crippen LogP contribution in [0.15, 0.2) is 12.3 Å². The fourth-order valence-electron chi connectivity index (χ4n) is 4.13. The number of aromatic nitrogens is 2. The van der Waals surface area contributed by atoms with Gasteiger partial charge in [-0.2, -0.15) is 5.10 Å². The summed E-state index contributed by atoms with van der Waals surface area (Å²) in [7, 11) is 0. The molecule has 0 aromatic carbocycles. The van der Waals surface area contributed by atoms with Crippen molar-refractivity contribution < 1.29 is 4.79 Å². The Kier molecular flexibility index (Phi) is 5.05. The Morgan fingerprint density at radius 2 is 1.96 bits per heavy atom. The van der Waals surface area contributed by atoms with Gasteiger partial charge in [0.25, 0.3) is 0 Å². The van der Waals surface area contributed by atoms with Gasteiger partial charge in [-0.05, 0) is 58.7 Å². The minimum atomic E-state index is 0.124. The number of piperidine rings is 1. The van der Waals surface area contributed by atoms with E-state index in [1.165, 1.54) is 5.69 Å². The number of amides is 1. The van der Waals surface area contributed by atoms with Crippen molar-refractivity contribution in [2.24, 2.45) is 0 Å². The molecule has 5 heteroatoms. The van der Waals surface area contributed by atoms with Crippen LogP contribution in [0.1, 0.15) is 58.1 Å². The summed E-state index contributed by atoms with van der Waals surface area (Å²) < 4.78 is 2.17. The molecule has 0 bridgehead atoms. The lowest BCUT2D eigenvalue weighted by atomic mass is 9.92. The van der Waals surface area contributed by atoms with Gasteiger partial charge in [0.2, 0.25) is 5.91 Å². The van der Waals surface area contributed by atoms with Crippen LogP contribution in [-0.2, 0) is 11.3 Å². The molecule has 0 N–H and O–H groups in total. The molecule has 5 nitrogen and oxygen atoms in total. The highest BCUT2D eigenvalue weighted by molar-refractivity contribution is 5.84. The fraction of sp³-hybridized carbons (Fsp3) is 0.778. The van der Waals surface area contributed by atoms with E-state index in [4.69, 9.17) is 0 Å². The number of aryl methyl sites for hydroxylation is 1. The second-order valence-electron chi connectivity index (χ2n) is 7.22. The van der Waals surface area contributed by atoms with E-state index in [0.717, 1.165) is 51.9 Å². The van der Waals surface area contributed by atoms with Crippen LogP contribution in [0, 0.1) is 0 Å². The van der Waals surface area contributed by atoms with Crippen molar-refractivity contribution in [1.82, 2.24) is 19.6 Å². The molecule has 2 saturated heterocycles. The van der Waals surface area contributed by atoms with E-state index >= 15 is 0 Å². The van der Waals surface area contributed by atoms with E-state index in [0.29, 0.717) is 17.9 Å². The second-order valence-corrected chi connectivity index (χ2v) is 7.22. The third-order valence-electron chi connectivity index (χ3n) is 5.41. The lowest BCUT2D eigenvalue weighted by molar-refractivity contribution is -0.133. The summed E-state index contributed by atoms with van der Waals surface area (Å²) in [5.74, 6) is 0.937. The number of hydrogen-bond acceptors (Lipinski definition) is 3. The first-order valence-corrected chi connectivity index (χ1v) is 9.18. The van der Waals surface area contributed by atoms with E-state index in [1.807, 2.05) is 11.1 Å². The lowest BCUT2D eigenvalue weighted by Crippen LogP contribution is -2.46. The molecule has 1 atom stereocenters. The molecule has 1 unspecified atom stereocenters. The highest BCUT2D eigenvalue weighted by Crippen LogP contribution is 2.31. The van der Waals surface area contributed by atoms with Gasteiger partial charge in [0, 0.05) is 36.9 Å². The van der Waals surface area contributed by atoms with Crippen LogP contribution >= 0.6 is 0 Å². The maximum Gasteiger partial charge on any atom is 0.240 e. The molecular formula is C18H30N4O. The van der Waals surface area contributed by atoms with Crippen LogP contribution in [0.3, 0.4) is 0 Å². The van der Waals surface area contributed by atoms with Gasteiger partial charge in [0.05, 0.1) is 6.04 Å². The van der Waals surface area contributed by atoms with Crippen LogP contribution in [0.4, 0.5) is 0 Å². The van der Waals surface area contributed by atoms with Gasteiger partial charge in [0.1, 0.15) is 0 Å². The Morgan fingerprint density at radius 3 is 2.57 bits per heavy atom. The Hall–Kier alpha value is -1.36. The van der Waals surface area contributed by atoms with Crippen molar-refractivity contribution >= 4 is 5.91 Å². The Bertz CT molecular complexity index is 531. The highest BCUT2D eigenvalue weighted by Gasteiger charge is 2.38. The minimum absolute atomic E-state index is 0.124. The number of carbonyl (C=O) groups excluding carboxylic acids is 1. The minimum Gasteiger partial charge on any atom is -0.339 e. The van der Waals surface area contributed by atoms with Crippen molar-refractivity contribution in [2.75, 3.05) is 19.6 Å². The molecule has 2 aliphatic heterocycles. The predicted octanol–water partition coefficient (Wildman–Crippen LogP) is 2.48. The van der Waals surface area contributed by atoms with Crippen LogP contribution < -0.4 is 0 Å². The molecule has 0 spiro atoms. The van der Waals surface area contributed by atoms with Crippen LogP contribution in [0.25, 0.3) is 0 Å². The summed E-state index contributed by atoms with van der Waals surface area (Å²) in [4.78, 5) is 17.0. The molecule has 23 heavy (non-hydrogen) atoms. The zero-order valence-corrected chi connectivity index (χ0v) is 14.7. The zero-order valence-electron chi connectivity index (χ0n) is 14.7. The molecule has 2 aliphatic rings. The van der Waals surface area contributed by atoms with E-state index in [1.54, 1.807) is 0 Å². The summed E-state index contributed by atoms with van der Waals surface area (Å²) >= 11 is 0. The van der Waals surface area contributed by atoms with Crippen molar-refractivity contribution in [3.63, 3.8) is 0 Å². The summed E-state index contributed by atoms with van der Waals surface area (Å²) in [5.41, 5.74) is 1.38. The van der Waals surface area contributed by atoms with Crippen molar-refractivity contribution in [3.8, 4) is 0 Å². The SMILES string of the molecule is CCCn1nccc1C1CCN(C2CCN(C(C)C)C2=O)CC1. The third-order valence-corrected chi connectivity index (χ3v) is 5.41. The molecule has 3 heterocycles. The standard InChI is InChI=1S/C18H30N4O/c1-4-10-22-16(5-9-19-22)15-6-11-20(12-7-15)17-8-13-21(14(2)3)18(17)23/h5,9,14-15,17H,4,6-8,10-13H2,1-3H3. The predicted molar refractivity (Wildman–Crippen MR) is 91.3 cm³/mol. The normalized spacial score (nSPS) is 24.1. The molecule has 128 valence electrons. The van der Waals surface area contributed by atoms with Gasteiger partial charge in [-0.1, -0.05) is 6.92 Å². The van der Waals surface area contributed by atoms with Gasteiger partial charge in [0.15, 0.2) is 0 Å². The summed E-state index contributed by atoms with van der Waals surface area (Å²) in [5, 5.41) is 4.46. The smallest absolute Gasteiger partial charge is 0.240 e. The average molecular weight is 318 g/mol. The first-order chi connectivity index (χ1) is 11.1. The molecule has 0 aliphatic carbocycles. The Morgan fingerprint density at radius 1 is 1.22 bits per heavy atom. The second kappa shape index (κ2) is 7.04. The average Bonchev–Trinajstić information content (AvgIpc) is 3.14. The number of hydrogen-bond donors (Lipinski definition) is 0. The summed E-state index contributed by atoms with van der Waals surface area (Å²) in [6.07, 6.45) is 6.32. The number of carbonyl (C=O) groups is 1. The van der Waals surface area contributed by atoms with E-state index in [-0.39, 0.29) is 6.04 Å². The highest BCUT2D eigenvalue weighted by atomic mass is 16.2. The monoisotopic (exact) mass is 318 g/mol. The maximum atomic E-state index is 12.6. The molecular weight excluding hydrogens is 288 g/mol. The van der Waals surface area contributed by atoms with E-state index in [2.05, 4.69) is 41.5 Å². The van der Waals surface area contributed by atoms with E-state index in [9.17, 15) is 4.79 Å². The van der Waals surface area contributed by atoms with Gasteiger partial charge < -0.3 is 4.90 Å². The first-order valence-electron chi connectivity index (χ1n) is 9.18. The maximum absolute atomic E-state index is 12.6. The summed E-state index contributed by atoms with van der Waals surface area (Å²) in [6.45, 7) is 10.4. The number of rotatable bonds is 5. The molecule has 1 amide bonds. The van der Waals surface area contributed by atoms with Crippen LogP contribution in [0.2, 0.25) is 0 Å². The van der Waals surface area contributed by atoms with Crippen LogP contribution in [-0.4, -0.2) is 57.2 Å². The van der Waals surface area contributed by atoms with Gasteiger partial charge in [-0.25, -0.2) is 0 Å². The molecule has 2 fully saturated rings. The largest absolute Gasteiger partial charge is 0.339 e. The van der Waals surface area contributed by atoms with Gasteiger partial charge in [-0.15, -0.1) is 0 Å². The quantitative estimate of drug-likeness (QED) is 0.837. The zero-order chi connectivity index (χ0) is 16.4.